The molecule has 8 aliphatic rings. The molecule has 10 rings (SSSR count). The number of aromatic nitrogens is 3. The van der Waals surface area contributed by atoms with Gasteiger partial charge in [-0.05, 0) is 108 Å². The van der Waals surface area contributed by atoms with E-state index in [0.29, 0.717) is 35.8 Å². The van der Waals surface area contributed by atoms with Gasteiger partial charge in [-0.1, -0.05) is 25.0 Å². The van der Waals surface area contributed by atoms with Crippen LogP contribution in [0.2, 0.25) is 0 Å². The number of nitrogens with one attached hydrogen (secondary N) is 2. The van der Waals surface area contributed by atoms with Crippen molar-refractivity contribution in [2.45, 2.75) is 114 Å². The van der Waals surface area contributed by atoms with Gasteiger partial charge in [-0.3, -0.25) is 24.3 Å². The van der Waals surface area contributed by atoms with Gasteiger partial charge in [0.25, 0.3) is 5.91 Å². The van der Waals surface area contributed by atoms with E-state index in [1.165, 1.54) is 5.57 Å². The summed E-state index contributed by atoms with van der Waals surface area (Å²) in [5.41, 5.74) is 3.31. The Bertz CT molecular complexity index is 2160. The van der Waals surface area contributed by atoms with Crippen LogP contribution in [0.3, 0.4) is 0 Å². The summed E-state index contributed by atoms with van der Waals surface area (Å²) in [6.45, 7) is 9.72. The number of fused-ring (bicyclic) bond motifs is 2. The maximum Gasteiger partial charge on any atom is 0.270 e. The number of aliphatic hydroxyl groups excluding tert-OH is 1. The van der Waals surface area contributed by atoms with Gasteiger partial charge in [0, 0.05) is 74.9 Å². The van der Waals surface area contributed by atoms with Gasteiger partial charge in [0.1, 0.15) is 23.4 Å². The van der Waals surface area contributed by atoms with Crippen molar-refractivity contribution in [2.75, 3.05) is 52.1 Å². The Labute approximate surface area is 340 Å². The normalized spacial score (nSPS) is 31.9. The largest absolute Gasteiger partial charge is 0.372 e. The quantitative estimate of drug-likeness (QED) is 0.375. The van der Waals surface area contributed by atoms with Crippen LogP contribution in [0.25, 0.3) is 11.0 Å². The summed E-state index contributed by atoms with van der Waals surface area (Å²) < 4.78 is 2.14. The van der Waals surface area contributed by atoms with E-state index in [2.05, 4.69) is 68.1 Å². The van der Waals surface area contributed by atoms with E-state index in [1.54, 1.807) is 19.0 Å². The third-order valence-corrected chi connectivity index (χ3v) is 15.1. The minimum atomic E-state index is -1.04. The predicted octanol–water partition coefficient (Wildman–Crippen LogP) is 4.22. The highest BCUT2D eigenvalue weighted by atomic mass is 16.3. The topological polar surface area (TPSA) is 152 Å². The first-order chi connectivity index (χ1) is 27.9. The molecule has 2 aromatic rings. The maximum atomic E-state index is 14.1. The van der Waals surface area contributed by atoms with E-state index in [1.807, 2.05) is 17.2 Å². The minimum Gasteiger partial charge on any atom is -0.372 e. The summed E-state index contributed by atoms with van der Waals surface area (Å²) >= 11 is 0. The number of aliphatic imine (C=N–C) groups is 1. The first-order valence-electron chi connectivity index (χ1n) is 21.7. The lowest BCUT2D eigenvalue weighted by molar-refractivity contribution is -0.141. The summed E-state index contributed by atoms with van der Waals surface area (Å²) in [7, 11) is 3.58. The molecular weight excluding hydrogens is 733 g/mol. The molecular formula is C44H58N10O4. The summed E-state index contributed by atoms with van der Waals surface area (Å²) in [6, 6.07) is 1.87. The van der Waals surface area contributed by atoms with E-state index < -0.39 is 17.7 Å². The van der Waals surface area contributed by atoms with Gasteiger partial charge in [-0.25, -0.2) is 4.98 Å². The lowest BCUT2D eigenvalue weighted by Crippen LogP contribution is -2.67. The summed E-state index contributed by atoms with van der Waals surface area (Å²) in [5, 5.41) is 17.8. The average molecular weight is 791 g/mol. The molecule has 0 radical (unpaired) electrons. The summed E-state index contributed by atoms with van der Waals surface area (Å²) in [6.07, 6.45) is 19.6. The Morgan fingerprint density at radius 1 is 1.07 bits per heavy atom. The number of carbonyl (C=O) groups excluding carboxylic acids is 3. The standard InChI is InChI=1S/C44H58N10O4/c1-27-28(11-13-34(46-27)47-41-45-23-29-22-33(39(57)50(3)4)53(37(29)49-41)30-8-5-6-9-30)24-51-20-18-43(19-21-51)25-52(26-43)42(2)15-7-10-31-36(42)44(16-17-44)40(58)54(31)32-12-14-35(55)48-38(32)56/h7,10-11,13,22-23,27-28,30,32,38,56H,5-6,8-9,12,14-21,24-26H2,1-4H3,(H,48,55)(H,45,46,47,49)/t27?,28?,32-,38?,42?/m1/s1. The van der Waals surface area contributed by atoms with Crippen LogP contribution in [0.5, 0.6) is 0 Å². The van der Waals surface area contributed by atoms with E-state index in [-0.39, 0.29) is 35.3 Å². The molecule has 5 aliphatic heterocycles. The fourth-order valence-electron chi connectivity index (χ4n) is 11.6. The van der Waals surface area contributed by atoms with Crippen molar-refractivity contribution in [3.8, 4) is 0 Å². The molecule has 3 saturated heterocycles. The van der Waals surface area contributed by atoms with E-state index in [0.717, 1.165) is 113 Å². The van der Waals surface area contributed by atoms with Gasteiger partial charge in [0.15, 0.2) is 0 Å². The predicted molar refractivity (Wildman–Crippen MR) is 221 cm³/mol. The van der Waals surface area contributed by atoms with Gasteiger partial charge in [0.2, 0.25) is 17.8 Å². The van der Waals surface area contributed by atoms with Crippen LogP contribution in [-0.4, -0.2) is 133 Å². The number of likely N-dealkylation sites (tertiary alicyclic amines) is 2. The van der Waals surface area contributed by atoms with Gasteiger partial charge in [0.05, 0.1) is 17.5 Å². The third-order valence-electron chi connectivity index (χ3n) is 15.1. The molecule has 2 spiro atoms. The average Bonchev–Trinajstić information content (AvgIpc) is 3.50. The number of piperidine rings is 2. The third kappa shape index (κ3) is 6.06. The number of nitrogens with zero attached hydrogens (tertiary/aromatic N) is 8. The van der Waals surface area contributed by atoms with Gasteiger partial charge < -0.3 is 35.0 Å². The number of carbonyl (C=O) groups is 3. The van der Waals surface area contributed by atoms with Crippen molar-refractivity contribution in [3.63, 3.8) is 0 Å². The van der Waals surface area contributed by atoms with Crippen LogP contribution in [-0.2, 0) is 9.59 Å². The Morgan fingerprint density at radius 2 is 1.83 bits per heavy atom. The van der Waals surface area contributed by atoms with Gasteiger partial charge >= 0.3 is 0 Å². The molecule has 2 aromatic heterocycles. The zero-order valence-corrected chi connectivity index (χ0v) is 34.4. The van der Waals surface area contributed by atoms with Crippen molar-refractivity contribution in [2.24, 2.45) is 21.7 Å². The van der Waals surface area contributed by atoms with E-state index in [9.17, 15) is 19.5 Å². The molecule has 308 valence electrons. The Hall–Kier alpha value is -4.40. The number of amidine groups is 1. The number of hydrogen-bond donors (Lipinski definition) is 3. The molecule has 2 saturated carbocycles. The Kier molecular flexibility index (Phi) is 9.03. The minimum absolute atomic E-state index is 0.0156. The van der Waals surface area contributed by atoms with Crippen LogP contribution < -0.4 is 10.6 Å². The van der Waals surface area contributed by atoms with Crippen LogP contribution in [0.15, 0.2) is 52.8 Å². The first kappa shape index (κ1) is 37.8. The van der Waals surface area contributed by atoms with Crippen LogP contribution in [0.1, 0.15) is 101 Å². The highest BCUT2D eigenvalue weighted by Gasteiger charge is 2.68. The number of dihydropyridines is 1. The molecule has 7 heterocycles. The lowest BCUT2D eigenvalue weighted by atomic mass is 9.66. The fourth-order valence-corrected chi connectivity index (χ4v) is 11.6. The van der Waals surface area contributed by atoms with Crippen LogP contribution >= 0.6 is 0 Å². The molecule has 14 heteroatoms. The molecule has 14 nitrogen and oxygen atoms in total. The molecule has 4 unspecified atom stereocenters. The molecule has 5 atom stereocenters. The number of hydrogen-bond acceptors (Lipinski definition) is 10. The number of allylic oxidation sites excluding steroid dienone is 1. The molecule has 0 aromatic carbocycles. The van der Waals surface area contributed by atoms with Crippen molar-refractivity contribution >= 4 is 40.5 Å². The second kappa shape index (κ2) is 13.8. The zero-order valence-electron chi connectivity index (χ0n) is 34.4. The number of aliphatic hydroxyl groups is 1. The SMILES string of the molecule is CC1N=C(Nc2ncc3cc(C(=O)N(C)C)n(C4CCCC4)c3n2)C=CC1CN1CCC2(CC1)CN(C1(C)CC=CC3=C1C1(CC1)C(=O)N3[C@@H]1CCC(=O)NC1O)C2. The molecule has 5 fully saturated rings. The molecule has 58 heavy (non-hydrogen) atoms. The van der Waals surface area contributed by atoms with Crippen LogP contribution in [0.4, 0.5) is 5.95 Å². The number of amides is 3. The lowest BCUT2D eigenvalue weighted by Gasteiger charge is -2.61. The second-order valence-corrected chi connectivity index (χ2v) is 19.1. The maximum absolute atomic E-state index is 14.1. The summed E-state index contributed by atoms with van der Waals surface area (Å²) in [4.78, 5) is 62.6. The van der Waals surface area contributed by atoms with Gasteiger partial charge in [-0.2, -0.15) is 4.98 Å². The monoisotopic (exact) mass is 790 g/mol. The summed E-state index contributed by atoms with van der Waals surface area (Å²) in [5.74, 6) is 1.50. The zero-order chi connectivity index (χ0) is 40.1. The van der Waals surface area contributed by atoms with E-state index >= 15 is 0 Å². The van der Waals surface area contributed by atoms with Gasteiger partial charge in [-0.15, -0.1) is 0 Å². The van der Waals surface area contributed by atoms with Crippen molar-refractivity contribution in [1.29, 1.82) is 0 Å². The molecule has 3 aliphatic carbocycles. The smallest absolute Gasteiger partial charge is 0.270 e. The molecule has 0 bridgehead atoms. The number of rotatable bonds is 7. The number of anilines is 1. The molecule has 3 amide bonds. The highest BCUT2D eigenvalue weighted by molar-refractivity contribution is 6.04. The van der Waals surface area contributed by atoms with Crippen molar-refractivity contribution in [1.82, 2.24) is 39.5 Å². The van der Waals surface area contributed by atoms with Crippen LogP contribution in [0, 0.1) is 16.7 Å². The first-order valence-corrected chi connectivity index (χ1v) is 21.7. The Morgan fingerprint density at radius 3 is 2.52 bits per heavy atom. The highest BCUT2D eigenvalue weighted by Crippen LogP contribution is 2.65. The van der Waals surface area contributed by atoms with Crippen molar-refractivity contribution < 1.29 is 19.5 Å². The van der Waals surface area contributed by atoms with Crippen molar-refractivity contribution in [3.05, 3.63) is 53.5 Å². The Balaban J connectivity index is 0.762. The second-order valence-electron chi connectivity index (χ2n) is 19.1. The fraction of sp³-hybridized carbons (Fsp3) is 0.636. The molecule has 3 N–H and O–H groups in total. The van der Waals surface area contributed by atoms with E-state index in [4.69, 9.17) is 9.98 Å².